The highest BCUT2D eigenvalue weighted by molar-refractivity contribution is 5.92. The van der Waals surface area contributed by atoms with Crippen LogP contribution in [0.1, 0.15) is 6.42 Å². The van der Waals surface area contributed by atoms with E-state index in [4.69, 9.17) is 5.11 Å². The summed E-state index contributed by atoms with van der Waals surface area (Å²) in [6.07, 6.45) is -0.269. The maximum absolute atomic E-state index is 13.0. The fourth-order valence-electron chi connectivity index (χ4n) is 0.916. The van der Waals surface area contributed by atoms with Gasteiger partial charge in [0.05, 0.1) is 7.11 Å². The zero-order chi connectivity index (χ0) is 8.65. The molecule has 62 valence electrons. The van der Waals surface area contributed by atoms with Crippen LogP contribution in [0.4, 0.5) is 4.39 Å². The van der Waals surface area contributed by atoms with Crippen molar-refractivity contribution in [3.05, 3.63) is 0 Å². The Kier molecular flexibility index (Phi) is 1.58. The molecule has 1 rings (SSSR count). The lowest BCUT2D eigenvalue weighted by atomic mass is 10.3. The Morgan fingerprint density at radius 2 is 2.27 bits per heavy atom. The number of halogens is 1. The summed E-state index contributed by atoms with van der Waals surface area (Å²) in [6.45, 7) is 0. The van der Waals surface area contributed by atoms with Gasteiger partial charge in [0.1, 0.15) is 5.92 Å². The number of methoxy groups -OCH3 is 1. The number of esters is 1. The summed E-state index contributed by atoms with van der Waals surface area (Å²) < 4.78 is 17.0. The maximum atomic E-state index is 13.0. The summed E-state index contributed by atoms with van der Waals surface area (Å²) in [5, 5.41) is 8.29. The van der Waals surface area contributed by atoms with Gasteiger partial charge >= 0.3 is 11.9 Å². The number of carbonyl (C=O) groups is 2. The summed E-state index contributed by atoms with van der Waals surface area (Å²) in [5.74, 6) is -3.60. The number of ether oxygens (including phenoxy) is 1. The minimum atomic E-state index is -2.26. The van der Waals surface area contributed by atoms with Crippen LogP contribution >= 0.6 is 0 Å². The van der Waals surface area contributed by atoms with Gasteiger partial charge in [-0.15, -0.1) is 0 Å². The molecular weight excluding hydrogens is 155 g/mol. The van der Waals surface area contributed by atoms with Crippen molar-refractivity contribution in [1.29, 1.82) is 0 Å². The highest BCUT2D eigenvalue weighted by Gasteiger charge is 2.66. The minimum absolute atomic E-state index is 0.269. The van der Waals surface area contributed by atoms with E-state index in [0.29, 0.717) is 0 Å². The normalized spacial score (nSPS) is 34.5. The van der Waals surface area contributed by atoms with Gasteiger partial charge in [0, 0.05) is 6.42 Å². The van der Waals surface area contributed by atoms with Crippen LogP contribution in [0.2, 0.25) is 0 Å². The van der Waals surface area contributed by atoms with Crippen molar-refractivity contribution in [3.63, 3.8) is 0 Å². The smallest absolute Gasteiger partial charge is 0.344 e. The van der Waals surface area contributed by atoms with E-state index in [1.165, 1.54) is 0 Å². The molecule has 1 N–H and O–H groups in total. The second-order valence-electron chi connectivity index (χ2n) is 2.45. The van der Waals surface area contributed by atoms with E-state index < -0.39 is 23.5 Å². The van der Waals surface area contributed by atoms with Crippen LogP contribution in [0, 0.1) is 5.92 Å². The Balaban J connectivity index is 2.62. The van der Waals surface area contributed by atoms with Crippen molar-refractivity contribution in [2.24, 2.45) is 5.92 Å². The van der Waals surface area contributed by atoms with Gasteiger partial charge in [-0.25, -0.2) is 9.18 Å². The second-order valence-corrected chi connectivity index (χ2v) is 2.45. The molecule has 0 saturated heterocycles. The topological polar surface area (TPSA) is 63.6 Å². The highest BCUT2D eigenvalue weighted by atomic mass is 19.1. The quantitative estimate of drug-likeness (QED) is 0.579. The Bertz CT molecular complexity index is 215. The molecule has 0 unspecified atom stereocenters. The first-order chi connectivity index (χ1) is 5.02. The number of carbonyl (C=O) groups excluding carboxylic acids is 1. The Labute approximate surface area is 62.0 Å². The molecule has 0 spiro atoms. The largest absolute Gasteiger partial charge is 0.481 e. The third-order valence-corrected chi connectivity index (χ3v) is 1.72. The van der Waals surface area contributed by atoms with Crippen LogP contribution in [0.15, 0.2) is 0 Å². The van der Waals surface area contributed by atoms with Crippen LogP contribution in [0.25, 0.3) is 0 Å². The van der Waals surface area contributed by atoms with E-state index in [-0.39, 0.29) is 6.42 Å². The summed E-state index contributed by atoms with van der Waals surface area (Å²) in [5.41, 5.74) is -2.26. The van der Waals surface area contributed by atoms with E-state index in [2.05, 4.69) is 4.74 Å². The maximum Gasteiger partial charge on any atom is 0.344 e. The molecular formula is C6H7FO4. The van der Waals surface area contributed by atoms with E-state index >= 15 is 0 Å². The van der Waals surface area contributed by atoms with Gasteiger partial charge in [-0.05, 0) is 0 Å². The van der Waals surface area contributed by atoms with E-state index in [9.17, 15) is 14.0 Å². The molecule has 0 radical (unpaired) electrons. The van der Waals surface area contributed by atoms with Gasteiger partial charge < -0.3 is 9.84 Å². The molecule has 4 nitrogen and oxygen atoms in total. The third-order valence-electron chi connectivity index (χ3n) is 1.72. The molecule has 1 aliphatic rings. The summed E-state index contributed by atoms with van der Waals surface area (Å²) in [7, 11) is 1.03. The third kappa shape index (κ3) is 1.06. The SMILES string of the molecule is COC(=O)[C@@]1(F)C[C@@H]1C(=O)O. The number of alkyl halides is 1. The predicted molar refractivity (Wildman–Crippen MR) is 31.6 cm³/mol. The lowest BCUT2D eigenvalue weighted by Gasteiger charge is -2.01. The second kappa shape index (κ2) is 2.18. The lowest BCUT2D eigenvalue weighted by molar-refractivity contribution is -0.152. The molecule has 5 heteroatoms. The summed E-state index contributed by atoms with van der Waals surface area (Å²) in [4.78, 5) is 20.7. The molecule has 0 heterocycles. The Morgan fingerprint density at radius 3 is 2.55 bits per heavy atom. The molecule has 0 bridgehead atoms. The fourth-order valence-corrected chi connectivity index (χ4v) is 0.916. The van der Waals surface area contributed by atoms with E-state index in [0.717, 1.165) is 7.11 Å². The number of hydrogen-bond donors (Lipinski definition) is 1. The van der Waals surface area contributed by atoms with Crippen molar-refractivity contribution in [2.45, 2.75) is 12.1 Å². The van der Waals surface area contributed by atoms with Crippen molar-refractivity contribution < 1.29 is 23.8 Å². The number of carboxylic acid groups (broad SMARTS) is 1. The van der Waals surface area contributed by atoms with E-state index in [1.54, 1.807) is 0 Å². The number of carboxylic acids is 1. The molecule has 11 heavy (non-hydrogen) atoms. The molecule has 1 saturated carbocycles. The van der Waals surface area contributed by atoms with Gasteiger partial charge in [-0.3, -0.25) is 4.79 Å². The Hall–Kier alpha value is -1.13. The lowest BCUT2D eigenvalue weighted by Crippen LogP contribution is -2.23. The van der Waals surface area contributed by atoms with Crippen molar-refractivity contribution in [3.8, 4) is 0 Å². The fraction of sp³-hybridized carbons (Fsp3) is 0.667. The highest BCUT2D eigenvalue weighted by Crippen LogP contribution is 2.48. The molecule has 0 aliphatic heterocycles. The van der Waals surface area contributed by atoms with Gasteiger partial charge in [-0.1, -0.05) is 0 Å². The number of rotatable bonds is 2. The molecule has 1 fully saturated rings. The van der Waals surface area contributed by atoms with Crippen LogP contribution in [-0.2, 0) is 14.3 Å². The van der Waals surface area contributed by atoms with Gasteiger partial charge in [0.2, 0.25) is 5.67 Å². The summed E-state index contributed by atoms with van der Waals surface area (Å²) in [6, 6.07) is 0. The van der Waals surface area contributed by atoms with Crippen LogP contribution in [0.5, 0.6) is 0 Å². The zero-order valence-electron chi connectivity index (χ0n) is 5.83. The number of aliphatic carboxylic acids is 1. The first-order valence-electron chi connectivity index (χ1n) is 3.02. The molecule has 0 amide bonds. The van der Waals surface area contributed by atoms with Crippen molar-refractivity contribution in [2.75, 3.05) is 7.11 Å². The van der Waals surface area contributed by atoms with E-state index in [1.807, 2.05) is 0 Å². The molecule has 0 aromatic carbocycles. The molecule has 0 aromatic rings. The molecule has 1 aliphatic carbocycles. The van der Waals surface area contributed by atoms with Crippen molar-refractivity contribution >= 4 is 11.9 Å². The first kappa shape index (κ1) is 7.97. The average Bonchev–Trinajstić information content (AvgIpc) is 2.62. The molecule has 0 aromatic heterocycles. The number of hydrogen-bond acceptors (Lipinski definition) is 3. The minimum Gasteiger partial charge on any atom is -0.481 e. The van der Waals surface area contributed by atoms with Crippen LogP contribution < -0.4 is 0 Å². The Morgan fingerprint density at radius 1 is 1.73 bits per heavy atom. The van der Waals surface area contributed by atoms with Crippen LogP contribution in [0.3, 0.4) is 0 Å². The first-order valence-corrected chi connectivity index (χ1v) is 3.02. The zero-order valence-corrected chi connectivity index (χ0v) is 5.83. The standard InChI is InChI=1S/C6H7FO4/c1-11-5(10)6(7)2-3(6)4(8)9/h3H,2H2,1H3,(H,8,9)/t3-,6-/m1/s1. The van der Waals surface area contributed by atoms with Crippen molar-refractivity contribution in [1.82, 2.24) is 0 Å². The predicted octanol–water partition coefficient (Wildman–Crippen LogP) is -0.0278. The average molecular weight is 162 g/mol. The van der Waals surface area contributed by atoms with Crippen LogP contribution in [-0.4, -0.2) is 29.8 Å². The summed E-state index contributed by atoms with van der Waals surface area (Å²) >= 11 is 0. The van der Waals surface area contributed by atoms with Gasteiger partial charge in [0.15, 0.2) is 0 Å². The van der Waals surface area contributed by atoms with Gasteiger partial charge in [-0.2, -0.15) is 0 Å². The monoisotopic (exact) mass is 162 g/mol. The van der Waals surface area contributed by atoms with Gasteiger partial charge in [0.25, 0.3) is 0 Å². The molecule has 2 atom stereocenters.